The van der Waals surface area contributed by atoms with Crippen LogP contribution in [0.1, 0.15) is 17.3 Å². The monoisotopic (exact) mass is 349 g/mol. The van der Waals surface area contributed by atoms with E-state index in [1.807, 2.05) is 6.92 Å². The summed E-state index contributed by atoms with van der Waals surface area (Å²) in [6, 6.07) is 4.99. The Morgan fingerprint density at radius 3 is 2.58 bits per heavy atom. The molecule has 0 fully saturated rings. The summed E-state index contributed by atoms with van der Waals surface area (Å²) < 4.78 is 0.804. The molecular weight excluding hydrogens is 334 g/mol. The van der Waals surface area contributed by atoms with Gasteiger partial charge < -0.3 is 16.0 Å². The van der Waals surface area contributed by atoms with Crippen LogP contribution in [0, 0.1) is 0 Å². The number of likely N-dealkylation sites (N-methyl/N-ethyl adjacent to an activating group) is 1. The van der Waals surface area contributed by atoms with Crippen LogP contribution < -0.4 is 11.1 Å². The molecule has 0 radical (unpaired) electrons. The number of benzene rings is 1. The molecule has 0 saturated heterocycles. The molecule has 0 spiro atoms. The van der Waals surface area contributed by atoms with Crippen LogP contribution in [0.25, 0.3) is 0 Å². The summed E-state index contributed by atoms with van der Waals surface area (Å²) >= 11 is 3.26. The van der Waals surface area contributed by atoms with Crippen LogP contribution in [0.15, 0.2) is 22.7 Å². The van der Waals surface area contributed by atoms with Crippen LogP contribution in [-0.4, -0.2) is 36.9 Å². The largest absolute Gasteiger partial charge is 0.398 e. The first-order chi connectivity index (χ1) is 8.45. The van der Waals surface area contributed by atoms with Gasteiger partial charge in [0.25, 0.3) is 5.91 Å². The van der Waals surface area contributed by atoms with E-state index < -0.39 is 0 Å². The van der Waals surface area contributed by atoms with Crippen molar-refractivity contribution >= 4 is 45.8 Å². The molecule has 106 valence electrons. The van der Waals surface area contributed by atoms with E-state index in [0.717, 1.165) is 4.47 Å². The lowest BCUT2D eigenvalue weighted by atomic mass is 10.1. The topological polar surface area (TPSA) is 75.4 Å². The van der Waals surface area contributed by atoms with Gasteiger partial charge in [-0.15, -0.1) is 12.4 Å². The van der Waals surface area contributed by atoms with E-state index in [2.05, 4.69) is 21.2 Å². The molecule has 3 N–H and O–H groups in total. The van der Waals surface area contributed by atoms with Gasteiger partial charge in [0.15, 0.2) is 0 Å². The average molecular weight is 351 g/mol. The van der Waals surface area contributed by atoms with Crippen molar-refractivity contribution in [1.82, 2.24) is 10.2 Å². The van der Waals surface area contributed by atoms with E-state index in [9.17, 15) is 9.59 Å². The molecule has 0 bridgehead atoms. The van der Waals surface area contributed by atoms with Gasteiger partial charge >= 0.3 is 0 Å². The third-order valence-electron chi connectivity index (χ3n) is 2.56. The minimum atomic E-state index is -0.349. The van der Waals surface area contributed by atoms with Crippen molar-refractivity contribution in [3.63, 3.8) is 0 Å². The number of carbonyl (C=O) groups excluding carboxylic acids is 2. The van der Waals surface area contributed by atoms with Gasteiger partial charge in [0.2, 0.25) is 5.91 Å². The Hall–Kier alpha value is -1.27. The normalized spacial score (nSPS) is 9.42. The quantitative estimate of drug-likeness (QED) is 0.811. The second-order valence-corrected chi connectivity index (χ2v) is 4.74. The molecule has 0 unspecified atom stereocenters. The minimum Gasteiger partial charge on any atom is -0.398 e. The Kier molecular flexibility index (Phi) is 7.48. The number of hydrogen-bond acceptors (Lipinski definition) is 3. The summed E-state index contributed by atoms with van der Waals surface area (Å²) in [5.74, 6) is -0.487. The number of halogens is 2. The van der Waals surface area contributed by atoms with E-state index >= 15 is 0 Å². The number of hydrogen-bond donors (Lipinski definition) is 2. The molecule has 0 aliphatic heterocycles. The molecule has 0 saturated carbocycles. The van der Waals surface area contributed by atoms with Gasteiger partial charge in [-0.2, -0.15) is 0 Å². The Morgan fingerprint density at radius 2 is 2.05 bits per heavy atom. The maximum atomic E-state index is 11.8. The highest BCUT2D eigenvalue weighted by Crippen LogP contribution is 2.18. The fourth-order valence-electron chi connectivity index (χ4n) is 1.30. The molecule has 1 aromatic rings. The maximum absolute atomic E-state index is 11.8. The van der Waals surface area contributed by atoms with Crippen molar-refractivity contribution in [1.29, 1.82) is 0 Å². The zero-order valence-corrected chi connectivity index (χ0v) is 13.2. The molecule has 7 heteroatoms. The smallest absolute Gasteiger partial charge is 0.253 e. The molecular formula is C12H17BrClN3O2. The third-order valence-corrected chi connectivity index (χ3v) is 3.05. The highest BCUT2D eigenvalue weighted by atomic mass is 79.9. The van der Waals surface area contributed by atoms with Crippen molar-refractivity contribution in [3.05, 3.63) is 28.2 Å². The van der Waals surface area contributed by atoms with Gasteiger partial charge in [0, 0.05) is 23.8 Å². The molecule has 0 atom stereocenters. The first-order valence-corrected chi connectivity index (χ1v) is 6.32. The van der Waals surface area contributed by atoms with Gasteiger partial charge in [0.1, 0.15) is 0 Å². The Bertz CT molecular complexity index is 468. The summed E-state index contributed by atoms with van der Waals surface area (Å²) in [7, 11) is 1.68. The molecule has 0 aromatic heterocycles. The van der Waals surface area contributed by atoms with E-state index in [4.69, 9.17) is 5.73 Å². The molecule has 1 rings (SSSR count). The van der Waals surface area contributed by atoms with Crippen LogP contribution in [0.3, 0.4) is 0 Å². The van der Waals surface area contributed by atoms with E-state index in [-0.39, 0.29) is 30.8 Å². The highest BCUT2D eigenvalue weighted by Gasteiger charge is 2.12. The number of rotatable bonds is 4. The number of nitrogen functional groups attached to an aromatic ring is 1. The second-order valence-electron chi connectivity index (χ2n) is 3.82. The third kappa shape index (κ3) is 5.08. The Labute approximate surface area is 127 Å². The highest BCUT2D eigenvalue weighted by molar-refractivity contribution is 9.10. The van der Waals surface area contributed by atoms with Crippen molar-refractivity contribution < 1.29 is 9.59 Å². The SMILES string of the molecule is CCN(C)C(=O)CNC(=O)c1ccc(Br)cc1N.Cl. The summed E-state index contributed by atoms with van der Waals surface area (Å²) in [5, 5.41) is 2.55. The zero-order valence-electron chi connectivity index (χ0n) is 10.8. The van der Waals surface area contributed by atoms with Crippen molar-refractivity contribution in [3.8, 4) is 0 Å². The average Bonchev–Trinajstić information content (AvgIpc) is 2.34. The molecule has 0 aliphatic rings. The van der Waals surface area contributed by atoms with Crippen LogP contribution in [0.2, 0.25) is 0 Å². The van der Waals surface area contributed by atoms with E-state index in [0.29, 0.717) is 17.8 Å². The first-order valence-electron chi connectivity index (χ1n) is 5.53. The fourth-order valence-corrected chi connectivity index (χ4v) is 1.68. The van der Waals surface area contributed by atoms with Crippen LogP contribution in [0.5, 0.6) is 0 Å². The van der Waals surface area contributed by atoms with Gasteiger partial charge in [0.05, 0.1) is 12.1 Å². The van der Waals surface area contributed by atoms with Gasteiger partial charge in [-0.1, -0.05) is 15.9 Å². The molecule has 1 aromatic carbocycles. The van der Waals surface area contributed by atoms with E-state index in [1.165, 1.54) is 4.90 Å². The van der Waals surface area contributed by atoms with Crippen molar-refractivity contribution in [2.45, 2.75) is 6.92 Å². The first kappa shape index (κ1) is 17.7. The number of nitrogens with two attached hydrogens (primary N) is 1. The molecule has 0 heterocycles. The summed E-state index contributed by atoms with van der Waals surface area (Å²) in [4.78, 5) is 24.9. The van der Waals surface area contributed by atoms with Gasteiger partial charge in [-0.05, 0) is 25.1 Å². The number of amides is 2. The number of nitrogens with one attached hydrogen (secondary N) is 1. The number of carbonyl (C=O) groups is 2. The molecule has 5 nitrogen and oxygen atoms in total. The van der Waals surface area contributed by atoms with Crippen LogP contribution in [-0.2, 0) is 4.79 Å². The number of nitrogens with zero attached hydrogens (tertiary/aromatic N) is 1. The number of anilines is 1. The Morgan fingerprint density at radius 1 is 1.42 bits per heavy atom. The van der Waals surface area contributed by atoms with E-state index in [1.54, 1.807) is 25.2 Å². The minimum absolute atomic E-state index is 0. The summed E-state index contributed by atoms with van der Waals surface area (Å²) in [5.41, 5.74) is 6.47. The maximum Gasteiger partial charge on any atom is 0.253 e. The Balaban J connectivity index is 0.00000324. The summed E-state index contributed by atoms with van der Waals surface area (Å²) in [6.45, 7) is 2.44. The predicted molar refractivity (Wildman–Crippen MR) is 81.4 cm³/mol. The standard InChI is InChI=1S/C12H16BrN3O2.ClH/c1-3-16(2)11(17)7-15-12(18)9-5-4-8(13)6-10(9)14;/h4-6H,3,7,14H2,1-2H3,(H,15,18);1H. The lowest BCUT2D eigenvalue weighted by Crippen LogP contribution is -2.38. The van der Waals surface area contributed by atoms with Gasteiger partial charge in [-0.25, -0.2) is 0 Å². The van der Waals surface area contributed by atoms with Crippen LogP contribution >= 0.6 is 28.3 Å². The van der Waals surface area contributed by atoms with Crippen molar-refractivity contribution in [2.24, 2.45) is 0 Å². The predicted octanol–water partition coefficient (Wildman–Crippen LogP) is 1.66. The molecule has 0 aliphatic carbocycles. The lowest BCUT2D eigenvalue weighted by Gasteiger charge is -2.15. The summed E-state index contributed by atoms with van der Waals surface area (Å²) in [6.07, 6.45) is 0. The second kappa shape index (κ2) is 8.01. The van der Waals surface area contributed by atoms with Gasteiger partial charge in [-0.3, -0.25) is 9.59 Å². The molecule has 19 heavy (non-hydrogen) atoms. The molecule has 2 amide bonds. The lowest BCUT2D eigenvalue weighted by molar-refractivity contribution is -0.128. The fraction of sp³-hybridized carbons (Fsp3) is 0.333. The zero-order chi connectivity index (χ0) is 13.7. The van der Waals surface area contributed by atoms with Crippen molar-refractivity contribution in [2.75, 3.05) is 25.9 Å². The van der Waals surface area contributed by atoms with Crippen LogP contribution in [0.4, 0.5) is 5.69 Å².